The van der Waals surface area contributed by atoms with Crippen molar-refractivity contribution in [1.29, 1.82) is 0 Å². The fraction of sp³-hybridized carbons (Fsp3) is 0.529. The Bertz CT molecular complexity index is 511. The van der Waals surface area contributed by atoms with Crippen molar-refractivity contribution in [3.8, 4) is 5.75 Å². The van der Waals surface area contributed by atoms with Crippen LogP contribution in [0.5, 0.6) is 5.75 Å². The number of nitrogens with one attached hydrogen (secondary N) is 1. The molecular weight excluding hydrogens is 282 g/mol. The van der Waals surface area contributed by atoms with E-state index in [1.54, 1.807) is 7.11 Å². The van der Waals surface area contributed by atoms with Crippen LogP contribution in [0.25, 0.3) is 0 Å². The highest BCUT2D eigenvalue weighted by atomic mass is 16.5. The summed E-state index contributed by atoms with van der Waals surface area (Å²) < 4.78 is 5.32. The number of carboxylic acid groups (broad SMARTS) is 1. The number of amides is 1. The zero-order chi connectivity index (χ0) is 16.6. The second kappa shape index (κ2) is 8.41. The van der Waals surface area contributed by atoms with E-state index in [-0.39, 0.29) is 12.3 Å². The number of carbonyl (C=O) groups is 2. The number of benzene rings is 1. The Balaban J connectivity index is 2.50. The van der Waals surface area contributed by atoms with Gasteiger partial charge in [-0.1, -0.05) is 32.0 Å². The lowest BCUT2D eigenvalue weighted by atomic mass is 9.84. The van der Waals surface area contributed by atoms with Gasteiger partial charge in [0.2, 0.25) is 5.91 Å². The van der Waals surface area contributed by atoms with Gasteiger partial charge in [0.05, 0.1) is 7.11 Å². The summed E-state index contributed by atoms with van der Waals surface area (Å²) in [5.74, 6) is -0.0543. The smallest absolute Gasteiger partial charge is 0.303 e. The van der Waals surface area contributed by atoms with Crippen LogP contribution in [-0.2, 0) is 16.0 Å². The number of rotatable bonds is 9. The van der Waals surface area contributed by atoms with Gasteiger partial charge in [0.15, 0.2) is 0 Å². The van der Waals surface area contributed by atoms with Gasteiger partial charge < -0.3 is 15.2 Å². The number of ether oxygens (including phenoxy) is 1. The Morgan fingerprint density at radius 3 is 2.55 bits per heavy atom. The average Bonchev–Trinajstić information content (AvgIpc) is 2.46. The van der Waals surface area contributed by atoms with E-state index in [1.807, 2.05) is 38.1 Å². The van der Waals surface area contributed by atoms with Crippen LogP contribution < -0.4 is 10.1 Å². The van der Waals surface area contributed by atoms with Crippen LogP contribution >= 0.6 is 0 Å². The summed E-state index contributed by atoms with van der Waals surface area (Å²) in [6.07, 6.45) is 1.96. The maximum atomic E-state index is 12.3. The molecule has 0 spiro atoms. The topological polar surface area (TPSA) is 75.6 Å². The predicted molar refractivity (Wildman–Crippen MR) is 85.0 cm³/mol. The first kappa shape index (κ1) is 18.0. The van der Waals surface area contributed by atoms with Crippen molar-refractivity contribution >= 4 is 11.9 Å². The summed E-state index contributed by atoms with van der Waals surface area (Å²) in [5.41, 5.74) is 0.442. The van der Waals surface area contributed by atoms with Crippen molar-refractivity contribution in [2.75, 3.05) is 13.7 Å². The molecule has 1 aromatic carbocycles. The SMILES string of the molecule is COc1ccccc1CC(C)(C)C(=O)NCCCCC(=O)O. The number of hydrogen-bond donors (Lipinski definition) is 2. The first-order chi connectivity index (χ1) is 10.4. The Morgan fingerprint density at radius 1 is 1.23 bits per heavy atom. The largest absolute Gasteiger partial charge is 0.496 e. The molecule has 0 fully saturated rings. The second-order valence-corrected chi connectivity index (χ2v) is 5.98. The number of unbranched alkanes of at least 4 members (excludes halogenated alkanes) is 1. The zero-order valence-corrected chi connectivity index (χ0v) is 13.5. The molecule has 0 atom stereocenters. The van der Waals surface area contributed by atoms with Crippen LogP contribution in [0.2, 0.25) is 0 Å². The lowest BCUT2D eigenvalue weighted by molar-refractivity contribution is -0.137. The minimum atomic E-state index is -0.803. The maximum absolute atomic E-state index is 12.3. The molecule has 0 radical (unpaired) electrons. The van der Waals surface area contributed by atoms with E-state index < -0.39 is 11.4 Å². The van der Waals surface area contributed by atoms with Gasteiger partial charge in [-0.05, 0) is 30.9 Å². The molecule has 0 bridgehead atoms. The van der Waals surface area contributed by atoms with Crippen molar-refractivity contribution < 1.29 is 19.4 Å². The highest BCUT2D eigenvalue weighted by molar-refractivity contribution is 5.82. The quantitative estimate of drug-likeness (QED) is 0.688. The molecule has 22 heavy (non-hydrogen) atoms. The molecule has 0 heterocycles. The van der Waals surface area contributed by atoms with Crippen LogP contribution in [0, 0.1) is 5.41 Å². The van der Waals surface area contributed by atoms with Crippen molar-refractivity contribution in [2.24, 2.45) is 5.41 Å². The molecule has 2 N–H and O–H groups in total. The zero-order valence-electron chi connectivity index (χ0n) is 13.5. The van der Waals surface area contributed by atoms with Gasteiger partial charge >= 0.3 is 5.97 Å². The molecule has 0 saturated carbocycles. The summed E-state index contributed by atoms with van der Waals surface area (Å²) in [6, 6.07) is 7.67. The van der Waals surface area contributed by atoms with Crippen molar-refractivity contribution in [2.45, 2.75) is 39.5 Å². The molecule has 5 nitrogen and oxygen atoms in total. The maximum Gasteiger partial charge on any atom is 0.303 e. The molecule has 0 saturated heterocycles. The van der Waals surface area contributed by atoms with Crippen LogP contribution in [-0.4, -0.2) is 30.6 Å². The van der Waals surface area contributed by atoms with Crippen LogP contribution in [0.1, 0.15) is 38.7 Å². The van der Waals surface area contributed by atoms with Crippen molar-refractivity contribution in [1.82, 2.24) is 5.32 Å². The van der Waals surface area contributed by atoms with Crippen LogP contribution in [0.15, 0.2) is 24.3 Å². The van der Waals surface area contributed by atoms with E-state index in [0.29, 0.717) is 25.8 Å². The highest BCUT2D eigenvalue weighted by Gasteiger charge is 2.28. The van der Waals surface area contributed by atoms with E-state index in [2.05, 4.69) is 5.32 Å². The Kier molecular flexibility index (Phi) is 6.89. The van der Waals surface area contributed by atoms with Gasteiger partial charge in [0.25, 0.3) is 0 Å². The monoisotopic (exact) mass is 307 g/mol. The van der Waals surface area contributed by atoms with Gasteiger partial charge in [-0.2, -0.15) is 0 Å². The number of para-hydroxylation sites is 1. The van der Waals surface area contributed by atoms with Gasteiger partial charge in [0, 0.05) is 18.4 Å². The fourth-order valence-corrected chi connectivity index (χ4v) is 2.25. The molecule has 1 rings (SSSR count). The van der Waals surface area contributed by atoms with E-state index in [4.69, 9.17) is 9.84 Å². The minimum Gasteiger partial charge on any atom is -0.496 e. The van der Waals surface area contributed by atoms with Gasteiger partial charge in [-0.25, -0.2) is 0 Å². The number of aliphatic carboxylic acids is 1. The number of carboxylic acids is 1. The number of methoxy groups -OCH3 is 1. The molecule has 122 valence electrons. The predicted octanol–water partition coefficient (Wildman–Crippen LogP) is 2.64. The minimum absolute atomic E-state index is 0.0336. The van der Waals surface area contributed by atoms with Crippen LogP contribution in [0.4, 0.5) is 0 Å². The fourth-order valence-electron chi connectivity index (χ4n) is 2.25. The average molecular weight is 307 g/mol. The summed E-state index contributed by atoms with van der Waals surface area (Å²) >= 11 is 0. The third kappa shape index (κ3) is 5.76. The first-order valence-corrected chi connectivity index (χ1v) is 7.49. The first-order valence-electron chi connectivity index (χ1n) is 7.49. The Hall–Kier alpha value is -2.04. The van der Waals surface area contributed by atoms with Crippen LogP contribution in [0.3, 0.4) is 0 Å². The van der Waals surface area contributed by atoms with E-state index >= 15 is 0 Å². The summed E-state index contributed by atoms with van der Waals surface area (Å²) in [5, 5.41) is 11.4. The summed E-state index contributed by atoms with van der Waals surface area (Å²) in [7, 11) is 1.62. The van der Waals surface area contributed by atoms with Crippen molar-refractivity contribution in [3.63, 3.8) is 0 Å². The molecule has 1 aromatic rings. The van der Waals surface area contributed by atoms with Gasteiger partial charge in [-0.15, -0.1) is 0 Å². The molecule has 1 amide bonds. The third-order valence-electron chi connectivity index (χ3n) is 3.54. The molecular formula is C17H25NO4. The van der Waals surface area contributed by atoms with E-state index in [9.17, 15) is 9.59 Å². The number of hydrogen-bond acceptors (Lipinski definition) is 3. The third-order valence-corrected chi connectivity index (χ3v) is 3.54. The molecule has 0 aliphatic heterocycles. The molecule has 0 unspecified atom stereocenters. The molecule has 0 aliphatic carbocycles. The second-order valence-electron chi connectivity index (χ2n) is 5.98. The molecule has 0 aromatic heterocycles. The van der Waals surface area contributed by atoms with Gasteiger partial charge in [-0.3, -0.25) is 9.59 Å². The highest BCUT2D eigenvalue weighted by Crippen LogP contribution is 2.27. The molecule has 0 aliphatic rings. The van der Waals surface area contributed by atoms with E-state index in [1.165, 1.54) is 0 Å². The lowest BCUT2D eigenvalue weighted by Gasteiger charge is -2.24. The Labute approximate surface area is 131 Å². The number of carbonyl (C=O) groups excluding carboxylic acids is 1. The Morgan fingerprint density at radius 2 is 1.91 bits per heavy atom. The standard InChI is InChI=1S/C17H25NO4/c1-17(2,12-13-8-4-5-9-14(13)22-3)16(21)18-11-7-6-10-15(19)20/h4-5,8-9H,6-7,10-12H2,1-3H3,(H,18,21)(H,19,20). The summed E-state index contributed by atoms with van der Waals surface area (Å²) in [4.78, 5) is 22.7. The summed E-state index contributed by atoms with van der Waals surface area (Å²) in [6.45, 7) is 4.29. The van der Waals surface area contributed by atoms with Crippen molar-refractivity contribution in [3.05, 3.63) is 29.8 Å². The normalized spacial score (nSPS) is 11.0. The van der Waals surface area contributed by atoms with E-state index in [0.717, 1.165) is 11.3 Å². The lowest BCUT2D eigenvalue weighted by Crippen LogP contribution is -2.38. The molecule has 5 heteroatoms. The van der Waals surface area contributed by atoms with Gasteiger partial charge in [0.1, 0.15) is 5.75 Å².